The van der Waals surface area contributed by atoms with E-state index in [0.717, 1.165) is 5.69 Å². The number of hydrogen-bond donors (Lipinski definition) is 0. The highest BCUT2D eigenvalue weighted by Gasteiger charge is 2.05. The van der Waals surface area contributed by atoms with Crippen molar-refractivity contribution in [2.45, 2.75) is 6.04 Å². The number of aliphatic imine (C=N–C) groups is 1. The standard InChI is InChI=1S/C10H8N2/c1-3-7-11-9(5-1)10-6-2-4-8-12-10/h1,3-8,10H. The summed E-state index contributed by atoms with van der Waals surface area (Å²) in [5, 5.41) is 0. The minimum absolute atomic E-state index is 0.0520. The van der Waals surface area contributed by atoms with Gasteiger partial charge in [-0.1, -0.05) is 6.07 Å². The smallest absolute Gasteiger partial charge is 0.117 e. The molecule has 1 aliphatic rings. The molecule has 0 spiro atoms. The van der Waals surface area contributed by atoms with Crippen molar-refractivity contribution in [1.29, 1.82) is 0 Å². The van der Waals surface area contributed by atoms with Crippen molar-refractivity contribution in [3.63, 3.8) is 0 Å². The summed E-state index contributed by atoms with van der Waals surface area (Å²) in [7, 11) is 0. The van der Waals surface area contributed by atoms with Gasteiger partial charge in [0.1, 0.15) is 6.04 Å². The van der Waals surface area contributed by atoms with Crippen molar-refractivity contribution in [3.05, 3.63) is 48.0 Å². The Morgan fingerprint density at radius 2 is 2.33 bits per heavy atom. The van der Waals surface area contributed by atoms with Gasteiger partial charge in [0.05, 0.1) is 5.69 Å². The Balaban J connectivity index is 2.33. The van der Waals surface area contributed by atoms with Crippen LogP contribution in [0.25, 0.3) is 0 Å². The summed E-state index contributed by atoms with van der Waals surface area (Å²) >= 11 is 0. The SMILES string of the molecule is C1=CC=NC(c2ccccn2)C=1. The average molecular weight is 156 g/mol. The van der Waals surface area contributed by atoms with Crippen LogP contribution in [0.15, 0.2) is 47.3 Å². The van der Waals surface area contributed by atoms with E-state index in [1.165, 1.54) is 0 Å². The molecule has 2 heterocycles. The Kier molecular flexibility index (Phi) is 1.85. The van der Waals surface area contributed by atoms with Gasteiger partial charge in [0.2, 0.25) is 0 Å². The molecule has 0 fully saturated rings. The first-order valence-electron chi connectivity index (χ1n) is 3.82. The Hall–Kier alpha value is -1.66. The van der Waals surface area contributed by atoms with Crippen molar-refractivity contribution in [1.82, 2.24) is 4.98 Å². The topological polar surface area (TPSA) is 25.2 Å². The van der Waals surface area contributed by atoms with E-state index in [1.54, 1.807) is 18.5 Å². The van der Waals surface area contributed by atoms with Gasteiger partial charge in [0, 0.05) is 12.4 Å². The largest absolute Gasteiger partial charge is 0.278 e. The molecule has 0 radical (unpaired) electrons. The minimum Gasteiger partial charge on any atom is -0.278 e. The first kappa shape index (κ1) is 7.01. The zero-order valence-electron chi connectivity index (χ0n) is 6.51. The fourth-order valence-corrected chi connectivity index (χ4v) is 1.08. The van der Waals surface area contributed by atoms with Gasteiger partial charge in [-0.25, -0.2) is 0 Å². The fourth-order valence-electron chi connectivity index (χ4n) is 1.08. The molecule has 0 aliphatic carbocycles. The van der Waals surface area contributed by atoms with Gasteiger partial charge in [-0.05, 0) is 24.3 Å². The van der Waals surface area contributed by atoms with Gasteiger partial charge < -0.3 is 0 Å². The third-order valence-electron chi connectivity index (χ3n) is 1.66. The molecule has 0 N–H and O–H groups in total. The molecule has 1 atom stereocenters. The molecule has 0 aromatic carbocycles. The Morgan fingerprint density at radius 3 is 3.00 bits per heavy atom. The van der Waals surface area contributed by atoms with E-state index in [-0.39, 0.29) is 6.04 Å². The van der Waals surface area contributed by atoms with E-state index in [1.807, 2.05) is 24.3 Å². The summed E-state index contributed by atoms with van der Waals surface area (Å²) in [6.07, 6.45) is 7.22. The van der Waals surface area contributed by atoms with Gasteiger partial charge in [0.15, 0.2) is 0 Å². The molecular weight excluding hydrogens is 148 g/mol. The lowest BCUT2D eigenvalue weighted by atomic mass is 10.2. The lowest BCUT2D eigenvalue weighted by Crippen LogP contribution is -1.95. The number of nitrogens with zero attached hydrogens (tertiary/aromatic N) is 2. The first-order valence-corrected chi connectivity index (χ1v) is 3.82. The molecule has 2 heteroatoms. The quantitative estimate of drug-likeness (QED) is 0.570. The van der Waals surface area contributed by atoms with Gasteiger partial charge in [0.25, 0.3) is 0 Å². The molecule has 1 aromatic rings. The molecular formula is C10H8N2. The van der Waals surface area contributed by atoms with E-state index < -0.39 is 0 Å². The summed E-state index contributed by atoms with van der Waals surface area (Å²) in [5.74, 6) is 0. The molecule has 12 heavy (non-hydrogen) atoms. The Morgan fingerprint density at radius 1 is 1.33 bits per heavy atom. The second-order valence-electron chi connectivity index (χ2n) is 2.50. The monoisotopic (exact) mass is 156 g/mol. The van der Waals surface area contributed by atoms with Crippen LogP contribution >= 0.6 is 0 Å². The van der Waals surface area contributed by atoms with Crippen molar-refractivity contribution in [2.75, 3.05) is 0 Å². The van der Waals surface area contributed by atoms with Crippen LogP contribution in [0.2, 0.25) is 0 Å². The summed E-state index contributed by atoms with van der Waals surface area (Å²) in [4.78, 5) is 8.44. The maximum absolute atomic E-state index is 4.24. The highest BCUT2D eigenvalue weighted by atomic mass is 14.8. The molecule has 1 aliphatic heterocycles. The lowest BCUT2D eigenvalue weighted by Gasteiger charge is -2.05. The normalized spacial score (nSPS) is 19.8. The van der Waals surface area contributed by atoms with Crippen LogP contribution in [0.4, 0.5) is 0 Å². The molecule has 0 saturated heterocycles. The van der Waals surface area contributed by atoms with Gasteiger partial charge >= 0.3 is 0 Å². The summed E-state index contributed by atoms with van der Waals surface area (Å²) < 4.78 is 0. The maximum atomic E-state index is 4.24. The third kappa shape index (κ3) is 1.34. The van der Waals surface area contributed by atoms with Crippen molar-refractivity contribution >= 4 is 6.21 Å². The van der Waals surface area contributed by atoms with E-state index in [0.29, 0.717) is 0 Å². The van der Waals surface area contributed by atoms with Gasteiger partial charge in [-0.15, -0.1) is 5.73 Å². The van der Waals surface area contributed by atoms with E-state index in [9.17, 15) is 0 Å². The fraction of sp³-hybridized carbons (Fsp3) is 0.100. The Bertz CT molecular complexity index is 345. The summed E-state index contributed by atoms with van der Waals surface area (Å²) in [5.41, 5.74) is 3.96. The van der Waals surface area contributed by atoms with Crippen LogP contribution in [0.3, 0.4) is 0 Å². The van der Waals surface area contributed by atoms with E-state index >= 15 is 0 Å². The van der Waals surface area contributed by atoms with Crippen LogP contribution in [0.5, 0.6) is 0 Å². The van der Waals surface area contributed by atoms with Crippen LogP contribution in [-0.4, -0.2) is 11.2 Å². The van der Waals surface area contributed by atoms with Crippen LogP contribution in [0, 0.1) is 0 Å². The molecule has 0 saturated carbocycles. The number of pyridine rings is 1. The summed E-state index contributed by atoms with van der Waals surface area (Å²) in [6, 6.07) is 5.88. The molecule has 2 nitrogen and oxygen atoms in total. The number of hydrogen-bond acceptors (Lipinski definition) is 2. The molecule has 1 aromatic heterocycles. The number of rotatable bonds is 1. The first-order chi connectivity index (χ1) is 5.97. The van der Waals surface area contributed by atoms with Crippen molar-refractivity contribution in [2.24, 2.45) is 4.99 Å². The molecule has 1 unspecified atom stereocenters. The minimum atomic E-state index is 0.0520. The van der Waals surface area contributed by atoms with Crippen LogP contribution < -0.4 is 0 Å². The third-order valence-corrected chi connectivity index (χ3v) is 1.66. The van der Waals surface area contributed by atoms with Crippen LogP contribution in [-0.2, 0) is 0 Å². The highest BCUT2D eigenvalue weighted by Crippen LogP contribution is 2.16. The van der Waals surface area contributed by atoms with Crippen molar-refractivity contribution < 1.29 is 0 Å². The second-order valence-corrected chi connectivity index (χ2v) is 2.50. The molecule has 0 amide bonds. The predicted octanol–water partition coefficient (Wildman–Crippen LogP) is 1.92. The average Bonchev–Trinajstić information content (AvgIpc) is 2.21. The molecule has 2 rings (SSSR count). The van der Waals surface area contributed by atoms with E-state index in [4.69, 9.17) is 0 Å². The summed E-state index contributed by atoms with van der Waals surface area (Å²) in [6.45, 7) is 0. The predicted molar refractivity (Wildman–Crippen MR) is 48.1 cm³/mol. The van der Waals surface area contributed by atoms with Gasteiger partial charge in [-0.2, -0.15) is 0 Å². The second kappa shape index (κ2) is 3.16. The maximum Gasteiger partial charge on any atom is 0.117 e. The lowest BCUT2D eigenvalue weighted by molar-refractivity contribution is 0.866. The van der Waals surface area contributed by atoms with Crippen molar-refractivity contribution in [3.8, 4) is 0 Å². The number of aromatic nitrogens is 1. The Labute approximate surface area is 71.0 Å². The molecule has 0 bridgehead atoms. The zero-order chi connectivity index (χ0) is 8.23. The molecule has 58 valence electrons. The van der Waals surface area contributed by atoms with Crippen LogP contribution in [0.1, 0.15) is 11.7 Å². The highest BCUT2D eigenvalue weighted by molar-refractivity contribution is 5.72. The van der Waals surface area contributed by atoms with E-state index in [2.05, 4.69) is 15.7 Å². The van der Waals surface area contributed by atoms with Gasteiger partial charge in [-0.3, -0.25) is 9.98 Å². The zero-order valence-corrected chi connectivity index (χ0v) is 6.51.